The van der Waals surface area contributed by atoms with Gasteiger partial charge in [0.05, 0.1) is 27.7 Å². The van der Waals surface area contributed by atoms with E-state index in [2.05, 4.69) is 9.97 Å². The van der Waals surface area contributed by atoms with Crippen molar-refractivity contribution in [1.82, 2.24) is 9.97 Å². The summed E-state index contributed by atoms with van der Waals surface area (Å²) in [6, 6.07) is 11.1. The zero-order valence-electron chi connectivity index (χ0n) is 16.3. The van der Waals surface area contributed by atoms with E-state index in [0.717, 1.165) is 12.3 Å². The fourth-order valence-corrected chi connectivity index (χ4v) is 3.27. The Morgan fingerprint density at radius 2 is 1.62 bits per heavy atom. The van der Waals surface area contributed by atoms with E-state index < -0.39 is 23.7 Å². The zero-order chi connectivity index (χ0) is 23.6. The molecule has 0 saturated carbocycles. The molecule has 4 rings (SSSR count). The molecule has 0 spiro atoms. The number of pyridine rings is 2. The van der Waals surface area contributed by atoms with Crippen LogP contribution in [0.1, 0.15) is 32.0 Å². The Kier molecular flexibility index (Phi) is 6.31. The second-order valence-corrected chi connectivity index (χ2v) is 7.08. The Labute approximate surface area is 183 Å². The lowest BCUT2D eigenvalue weighted by atomic mass is 10.1. The first kappa shape index (κ1) is 23.0. The number of aromatic nitrogens is 2. The Bertz CT molecular complexity index is 1350. The van der Waals surface area contributed by atoms with Crippen molar-refractivity contribution in [3.8, 4) is 0 Å². The summed E-state index contributed by atoms with van der Waals surface area (Å²) in [7, 11) is 0. The maximum absolute atomic E-state index is 12.7. The molecular formula is C22H14ClF3N2O4. The van der Waals surface area contributed by atoms with Gasteiger partial charge in [-0.3, -0.25) is 9.97 Å². The van der Waals surface area contributed by atoms with Crippen molar-refractivity contribution in [1.29, 1.82) is 0 Å². The van der Waals surface area contributed by atoms with Gasteiger partial charge in [-0.05, 0) is 37.3 Å². The number of carboxylic acid groups (broad SMARTS) is 2. The van der Waals surface area contributed by atoms with Gasteiger partial charge in [-0.25, -0.2) is 9.59 Å². The van der Waals surface area contributed by atoms with Crippen molar-refractivity contribution in [2.75, 3.05) is 0 Å². The summed E-state index contributed by atoms with van der Waals surface area (Å²) in [5.74, 6) is -2.23. The smallest absolute Gasteiger partial charge is 0.418 e. The summed E-state index contributed by atoms with van der Waals surface area (Å²) in [6.07, 6.45) is -3.50. The van der Waals surface area contributed by atoms with Gasteiger partial charge in [-0.15, -0.1) is 0 Å². The molecule has 0 radical (unpaired) electrons. The van der Waals surface area contributed by atoms with Crippen LogP contribution in [-0.2, 0) is 6.18 Å². The highest BCUT2D eigenvalue weighted by Crippen LogP contribution is 2.34. The Morgan fingerprint density at radius 1 is 0.938 bits per heavy atom. The summed E-state index contributed by atoms with van der Waals surface area (Å²) in [4.78, 5) is 29.7. The number of fused-ring (bicyclic) bond motifs is 2. The monoisotopic (exact) mass is 462 g/mol. The maximum atomic E-state index is 12.7. The van der Waals surface area contributed by atoms with E-state index >= 15 is 0 Å². The summed E-state index contributed by atoms with van der Waals surface area (Å²) in [5, 5.41) is 19.0. The second-order valence-electron chi connectivity index (χ2n) is 6.64. The average Bonchev–Trinajstić information content (AvgIpc) is 2.71. The number of halogens is 4. The number of carbonyl (C=O) groups is 2. The normalized spacial score (nSPS) is 11.2. The largest absolute Gasteiger partial charge is 0.478 e. The number of para-hydroxylation sites is 1. The molecule has 2 aromatic heterocycles. The van der Waals surface area contributed by atoms with Crippen LogP contribution in [0.3, 0.4) is 0 Å². The van der Waals surface area contributed by atoms with Crippen LogP contribution in [0.2, 0.25) is 5.02 Å². The molecule has 32 heavy (non-hydrogen) atoms. The number of nitrogens with zero attached hydrogens (tertiary/aromatic N) is 2. The van der Waals surface area contributed by atoms with Crippen molar-refractivity contribution in [3.05, 3.63) is 82.1 Å². The predicted octanol–water partition coefficient (Wildman–Crippen LogP) is 5.85. The van der Waals surface area contributed by atoms with Crippen molar-refractivity contribution >= 4 is 45.3 Å². The number of hydrogen-bond donors (Lipinski definition) is 2. The van der Waals surface area contributed by atoms with Gasteiger partial charge in [0, 0.05) is 27.7 Å². The standard InChI is InChI=1S/C11H8ClNO2.C11H6F3NO2/c1-6-4-9(11(14)15)8-3-2-7(12)5-10(8)13-6;12-11(13,14)8-3-1-2-6-7(10(16)17)4-5-15-9(6)8/h2-5H,1H3,(H,14,15);1-5H,(H,16,17). The Hall–Kier alpha value is -3.72. The molecular weight excluding hydrogens is 449 g/mol. The number of aryl methyl sites for hydroxylation is 1. The number of benzene rings is 2. The third kappa shape index (κ3) is 4.78. The number of carboxylic acids is 2. The summed E-state index contributed by atoms with van der Waals surface area (Å²) in [6.45, 7) is 1.76. The van der Waals surface area contributed by atoms with E-state index in [1.165, 1.54) is 18.2 Å². The third-order valence-corrected chi connectivity index (χ3v) is 4.67. The highest BCUT2D eigenvalue weighted by molar-refractivity contribution is 6.31. The fraction of sp³-hybridized carbons (Fsp3) is 0.0909. The van der Waals surface area contributed by atoms with Crippen LogP contribution in [-0.4, -0.2) is 32.1 Å². The van der Waals surface area contributed by atoms with Gasteiger partial charge in [0.15, 0.2) is 0 Å². The summed E-state index contributed by atoms with van der Waals surface area (Å²) in [5.41, 5.74) is 0.0651. The van der Waals surface area contributed by atoms with Crippen LogP contribution in [0.15, 0.2) is 54.7 Å². The molecule has 2 N–H and O–H groups in total. The molecule has 4 aromatic rings. The summed E-state index contributed by atoms with van der Waals surface area (Å²) >= 11 is 5.82. The molecule has 0 bridgehead atoms. The second kappa shape index (κ2) is 8.80. The summed E-state index contributed by atoms with van der Waals surface area (Å²) < 4.78 is 38.0. The highest BCUT2D eigenvalue weighted by Gasteiger charge is 2.33. The molecule has 0 aliphatic carbocycles. The molecule has 164 valence electrons. The van der Waals surface area contributed by atoms with E-state index in [0.29, 0.717) is 21.6 Å². The van der Waals surface area contributed by atoms with Gasteiger partial charge in [0.1, 0.15) is 0 Å². The van der Waals surface area contributed by atoms with Crippen molar-refractivity contribution in [2.45, 2.75) is 13.1 Å². The van der Waals surface area contributed by atoms with Crippen molar-refractivity contribution in [3.63, 3.8) is 0 Å². The van der Waals surface area contributed by atoms with Crippen LogP contribution in [0.4, 0.5) is 13.2 Å². The molecule has 2 aromatic carbocycles. The van der Waals surface area contributed by atoms with E-state index in [1.54, 1.807) is 31.2 Å². The van der Waals surface area contributed by atoms with Crippen molar-refractivity contribution < 1.29 is 33.0 Å². The minimum Gasteiger partial charge on any atom is -0.478 e. The molecule has 0 amide bonds. The number of hydrogen-bond acceptors (Lipinski definition) is 4. The molecule has 10 heteroatoms. The number of alkyl halides is 3. The van der Waals surface area contributed by atoms with E-state index in [4.69, 9.17) is 21.8 Å². The Morgan fingerprint density at radius 3 is 2.25 bits per heavy atom. The van der Waals surface area contributed by atoms with Gasteiger partial charge in [0.2, 0.25) is 0 Å². The van der Waals surface area contributed by atoms with Gasteiger partial charge in [-0.1, -0.05) is 29.8 Å². The highest BCUT2D eigenvalue weighted by atomic mass is 35.5. The topological polar surface area (TPSA) is 100 Å². The lowest BCUT2D eigenvalue weighted by Gasteiger charge is -2.10. The number of rotatable bonds is 2. The molecule has 0 aliphatic rings. The van der Waals surface area contributed by atoms with Crippen LogP contribution in [0, 0.1) is 6.92 Å². The minimum absolute atomic E-state index is 0.0187. The first-order chi connectivity index (χ1) is 15.0. The maximum Gasteiger partial charge on any atom is 0.418 e. The minimum atomic E-state index is -4.55. The first-order valence-corrected chi connectivity index (χ1v) is 9.35. The third-order valence-electron chi connectivity index (χ3n) is 4.44. The van der Waals surface area contributed by atoms with E-state index in [-0.39, 0.29) is 22.0 Å². The van der Waals surface area contributed by atoms with Crippen LogP contribution in [0.25, 0.3) is 21.8 Å². The van der Waals surface area contributed by atoms with E-state index in [9.17, 15) is 22.8 Å². The molecule has 0 aliphatic heterocycles. The molecule has 6 nitrogen and oxygen atoms in total. The number of aromatic carboxylic acids is 2. The molecule has 0 saturated heterocycles. The van der Waals surface area contributed by atoms with Crippen molar-refractivity contribution in [2.24, 2.45) is 0 Å². The van der Waals surface area contributed by atoms with Crippen LogP contribution < -0.4 is 0 Å². The van der Waals surface area contributed by atoms with Crippen LogP contribution in [0.5, 0.6) is 0 Å². The van der Waals surface area contributed by atoms with E-state index in [1.807, 2.05) is 0 Å². The van der Waals surface area contributed by atoms with Gasteiger partial charge < -0.3 is 10.2 Å². The average molecular weight is 463 g/mol. The lowest BCUT2D eigenvalue weighted by molar-refractivity contribution is -0.136. The van der Waals surface area contributed by atoms with Gasteiger partial charge >= 0.3 is 18.1 Å². The zero-order valence-corrected chi connectivity index (χ0v) is 17.1. The van der Waals surface area contributed by atoms with Gasteiger partial charge in [0.25, 0.3) is 0 Å². The first-order valence-electron chi connectivity index (χ1n) is 8.97. The lowest BCUT2D eigenvalue weighted by Crippen LogP contribution is -2.08. The molecule has 0 unspecified atom stereocenters. The SMILES string of the molecule is Cc1cc(C(=O)O)c2ccc(Cl)cc2n1.O=C(O)c1ccnc2c(C(F)(F)F)cccc12. The quantitative estimate of drug-likeness (QED) is 0.388. The molecule has 0 atom stereocenters. The molecule has 0 fully saturated rings. The predicted molar refractivity (Wildman–Crippen MR) is 112 cm³/mol. The van der Waals surface area contributed by atoms with Crippen LogP contribution >= 0.6 is 11.6 Å². The fourth-order valence-electron chi connectivity index (χ4n) is 3.10. The van der Waals surface area contributed by atoms with Gasteiger partial charge in [-0.2, -0.15) is 13.2 Å². The molecule has 2 heterocycles. The Balaban J connectivity index is 0.000000182.